The van der Waals surface area contributed by atoms with E-state index in [4.69, 9.17) is 11.6 Å². The van der Waals surface area contributed by atoms with E-state index >= 15 is 0 Å². The van der Waals surface area contributed by atoms with Gasteiger partial charge >= 0.3 is 0 Å². The molecule has 0 saturated heterocycles. The zero-order valence-corrected chi connectivity index (χ0v) is 11.8. The summed E-state index contributed by atoms with van der Waals surface area (Å²) >= 11 is 5.93. The Bertz CT molecular complexity index is 718. The van der Waals surface area contributed by atoms with Crippen LogP contribution in [0.25, 0.3) is 0 Å². The molecule has 0 saturated carbocycles. The average Bonchev–Trinajstić information content (AvgIpc) is 2.83. The predicted octanol–water partition coefficient (Wildman–Crippen LogP) is 4.05. The number of hydrogen-bond donors (Lipinski definition) is 2. The van der Waals surface area contributed by atoms with E-state index in [9.17, 15) is 15.2 Å². The van der Waals surface area contributed by atoms with Crippen molar-refractivity contribution in [1.29, 1.82) is 0 Å². The molecule has 1 aliphatic carbocycles. The predicted molar refractivity (Wildman–Crippen MR) is 80.9 cm³/mol. The van der Waals surface area contributed by atoms with Gasteiger partial charge in [-0.3, -0.25) is 10.1 Å². The Morgan fingerprint density at radius 1 is 1.33 bits per heavy atom. The van der Waals surface area contributed by atoms with E-state index < -0.39 is 4.92 Å². The van der Waals surface area contributed by atoms with Crippen molar-refractivity contribution in [3.8, 4) is 5.75 Å². The van der Waals surface area contributed by atoms with Crippen molar-refractivity contribution in [2.24, 2.45) is 0 Å². The molecule has 2 N–H and O–H groups in total. The maximum absolute atomic E-state index is 11.1. The first-order chi connectivity index (χ1) is 10.1. The summed E-state index contributed by atoms with van der Waals surface area (Å²) in [4.78, 5) is 10.7. The second-order valence-electron chi connectivity index (χ2n) is 5.00. The van der Waals surface area contributed by atoms with Crippen molar-refractivity contribution >= 4 is 23.0 Å². The monoisotopic (exact) mass is 304 g/mol. The molecule has 0 fully saturated rings. The van der Waals surface area contributed by atoms with Crippen molar-refractivity contribution < 1.29 is 10.0 Å². The van der Waals surface area contributed by atoms with Crippen molar-refractivity contribution in [1.82, 2.24) is 0 Å². The van der Waals surface area contributed by atoms with Crippen LogP contribution < -0.4 is 5.32 Å². The second kappa shape index (κ2) is 5.26. The lowest BCUT2D eigenvalue weighted by molar-refractivity contribution is -0.384. The molecule has 0 aliphatic heterocycles. The Kier molecular flexibility index (Phi) is 3.43. The summed E-state index contributed by atoms with van der Waals surface area (Å²) < 4.78 is 0. The van der Waals surface area contributed by atoms with E-state index in [0.29, 0.717) is 10.7 Å². The van der Waals surface area contributed by atoms with Gasteiger partial charge in [-0.25, -0.2) is 0 Å². The van der Waals surface area contributed by atoms with Crippen LogP contribution in [-0.2, 0) is 6.42 Å². The Morgan fingerprint density at radius 3 is 2.90 bits per heavy atom. The van der Waals surface area contributed by atoms with Gasteiger partial charge < -0.3 is 10.4 Å². The number of nitrogens with one attached hydrogen (secondary N) is 1. The van der Waals surface area contributed by atoms with Crippen LogP contribution in [0.2, 0.25) is 5.02 Å². The zero-order chi connectivity index (χ0) is 15.0. The molecular formula is C15H13ClN2O3. The van der Waals surface area contributed by atoms with Gasteiger partial charge in [-0.1, -0.05) is 23.7 Å². The third-order valence-electron chi connectivity index (χ3n) is 3.73. The number of aromatic hydroxyl groups is 1. The molecule has 1 unspecified atom stereocenters. The first-order valence-electron chi connectivity index (χ1n) is 6.57. The summed E-state index contributed by atoms with van der Waals surface area (Å²) in [6.07, 6.45) is 1.52. The van der Waals surface area contributed by atoms with E-state index in [2.05, 4.69) is 5.32 Å². The lowest BCUT2D eigenvalue weighted by atomic mass is 10.1. The lowest BCUT2D eigenvalue weighted by Gasteiger charge is -2.16. The fourth-order valence-electron chi connectivity index (χ4n) is 2.76. The van der Waals surface area contributed by atoms with E-state index in [0.717, 1.165) is 24.0 Å². The highest BCUT2D eigenvalue weighted by molar-refractivity contribution is 6.31. The van der Waals surface area contributed by atoms with Gasteiger partial charge in [0.15, 0.2) is 0 Å². The summed E-state index contributed by atoms with van der Waals surface area (Å²) in [5, 5.41) is 24.6. The topological polar surface area (TPSA) is 75.4 Å². The van der Waals surface area contributed by atoms with Crippen LogP contribution in [0.15, 0.2) is 36.4 Å². The van der Waals surface area contributed by atoms with Crippen LogP contribution in [0, 0.1) is 10.1 Å². The number of rotatable bonds is 3. The minimum absolute atomic E-state index is 0.00648. The number of nitrogens with zero attached hydrogens (tertiary/aromatic N) is 1. The first-order valence-corrected chi connectivity index (χ1v) is 6.95. The molecule has 0 heterocycles. The summed E-state index contributed by atoms with van der Waals surface area (Å²) in [6, 6.07) is 9.74. The molecule has 0 radical (unpaired) electrons. The largest absolute Gasteiger partial charge is 0.508 e. The summed E-state index contributed by atoms with van der Waals surface area (Å²) in [5.74, 6) is 0.275. The molecule has 108 valence electrons. The summed E-state index contributed by atoms with van der Waals surface area (Å²) in [5.41, 5.74) is 2.27. The molecule has 1 aliphatic rings. The van der Waals surface area contributed by atoms with Gasteiger partial charge in [0.05, 0.1) is 11.0 Å². The Labute approximate surface area is 126 Å². The fourth-order valence-corrected chi connectivity index (χ4v) is 2.93. The van der Waals surface area contributed by atoms with Gasteiger partial charge in [-0.2, -0.15) is 0 Å². The second-order valence-corrected chi connectivity index (χ2v) is 5.44. The maximum atomic E-state index is 11.1. The number of phenolic OH excluding ortho intramolecular Hbond substituents is 1. The molecule has 5 nitrogen and oxygen atoms in total. The number of phenols is 1. The number of anilines is 1. The van der Waals surface area contributed by atoms with E-state index in [1.165, 1.54) is 12.1 Å². The molecule has 1 atom stereocenters. The van der Waals surface area contributed by atoms with Crippen molar-refractivity contribution in [2.45, 2.75) is 18.9 Å². The normalized spacial score (nSPS) is 16.5. The van der Waals surface area contributed by atoms with Crippen LogP contribution in [-0.4, -0.2) is 10.0 Å². The molecule has 2 aromatic carbocycles. The SMILES string of the molecule is O=[N+]([O-])c1ccc(Cl)cc1NC1CCc2c(O)cccc21. The number of benzene rings is 2. The van der Waals surface area contributed by atoms with Crippen molar-refractivity contribution in [2.75, 3.05) is 5.32 Å². The average molecular weight is 305 g/mol. The van der Waals surface area contributed by atoms with E-state index in [1.54, 1.807) is 18.2 Å². The van der Waals surface area contributed by atoms with Gasteiger partial charge in [0.2, 0.25) is 0 Å². The van der Waals surface area contributed by atoms with Crippen molar-refractivity contribution in [3.63, 3.8) is 0 Å². The molecule has 0 amide bonds. The quantitative estimate of drug-likeness (QED) is 0.662. The lowest BCUT2D eigenvalue weighted by Crippen LogP contribution is -2.08. The number of fused-ring (bicyclic) bond motifs is 1. The third kappa shape index (κ3) is 2.52. The third-order valence-corrected chi connectivity index (χ3v) is 3.97. The molecular weight excluding hydrogens is 292 g/mol. The number of nitro benzene ring substituents is 1. The van der Waals surface area contributed by atoms with Crippen LogP contribution in [0.5, 0.6) is 5.75 Å². The smallest absolute Gasteiger partial charge is 0.292 e. The van der Waals surface area contributed by atoms with E-state index in [1.807, 2.05) is 6.07 Å². The molecule has 3 rings (SSSR count). The number of halogens is 1. The van der Waals surface area contributed by atoms with Gasteiger partial charge in [-0.15, -0.1) is 0 Å². The fraction of sp³-hybridized carbons (Fsp3) is 0.200. The molecule has 0 bridgehead atoms. The summed E-state index contributed by atoms with van der Waals surface area (Å²) in [7, 11) is 0. The minimum Gasteiger partial charge on any atom is -0.508 e. The van der Waals surface area contributed by atoms with Crippen molar-refractivity contribution in [3.05, 3.63) is 62.7 Å². The summed E-state index contributed by atoms with van der Waals surface area (Å²) in [6.45, 7) is 0. The van der Waals surface area contributed by atoms with E-state index in [-0.39, 0.29) is 17.5 Å². The Balaban J connectivity index is 1.95. The molecule has 0 aromatic heterocycles. The van der Waals surface area contributed by atoms with Crippen LogP contribution >= 0.6 is 11.6 Å². The van der Waals surface area contributed by atoms with Gasteiger partial charge in [0.1, 0.15) is 11.4 Å². The molecule has 2 aromatic rings. The minimum atomic E-state index is -0.434. The molecule has 0 spiro atoms. The maximum Gasteiger partial charge on any atom is 0.292 e. The van der Waals surface area contributed by atoms with Crippen LogP contribution in [0.1, 0.15) is 23.6 Å². The van der Waals surface area contributed by atoms with Gasteiger partial charge in [0.25, 0.3) is 5.69 Å². The number of nitro groups is 1. The highest BCUT2D eigenvalue weighted by atomic mass is 35.5. The zero-order valence-electron chi connectivity index (χ0n) is 11.0. The van der Waals surface area contributed by atoms with Gasteiger partial charge in [-0.05, 0) is 42.2 Å². The van der Waals surface area contributed by atoms with Crippen LogP contribution in [0.3, 0.4) is 0 Å². The highest BCUT2D eigenvalue weighted by Crippen LogP contribution is 2.40. The molecule has 21 heavy (non-hydrogen) atoms. The molecule has 6 heteroatoms. The first kappa shape index (κ1) is 13.7. The standard InChI is InChI=1S/C15H13ClN2O3/c16-9-4-7-14(18(20)21)13(8-9)17-12-6-5-11-10(12)2-1-3-15(11)19/h1-4,7-8,12,17,19H,5-6H2. The Hall–Kier alpha value is -2.27. The highest BCUT2D eigenvalue weighted by Gasteiger charge is 2.26. The number of hydrogen-bond acceptors (Lipinski definition) is 4. The van der Waals surface area contributed by atoms with Crippen LogP contribution in [0.4, 0.5) is 11.4 Å². The van der Waals surface area contributed by atoms with Gasteiger partial charge in [0, 0.05) is 11.1 Å². The Morgan fingerprint density at radius 2 is 2.14 bits per heavy atom.